The number of halogens is 1. The molecule has 0 N–H and O–H groups in total. The van der Waals surface area contributed by atoms with Crippen molar-refractivity contribution >= 4 is 15.9 Å². The zero-order chi connectivity index (χ0) is 8.27. The molecule has 3 heteroatoms. The minimum atomic E-state index is -0.113. The highest BCUT2D eigenvalue weighted by Crippen LogP contribution is 2.11. The topological polar surface area (TPSA) is 26.3 Å². The van der Waals surface area contributed by atoms with Crippen LogP contribution in [0.25, 0.3) is 0 Å². The van der Waals surface area contributed by atoms with Gasteiger partial charge in [0.05, 0.1) is 7.11 Å². The lowest BCUT2D eigenvalue weighted by Crippen LogP contribution is -1.99. The summed E-state index contributed by atoms with van der Waals surface area (Å²) in [6.45, 7) is 0. The fourth-order valence-corrected chi connectivity index (χ4v) is 1.07. The van der Waals surface area contributed by atoms with Crippen molar-refractivity contribution < 1.29 is 4.74 Å². The summed E-state index contributed by atoms with van der Waals surface area (Å²) < 4.78 is 5.67. The third kappa shape index (κ3) is 2.05. The van der Waals surface area contributed by atoms with Crippen LogP contribution in [-0.4, -0.2) is 7.11 Å². The zero-order valence-corrected chi connectivity index (χ0v) is 7.59. The molecule has 1 aromatic carbocycles. The highest BCUT2D eigenvalue weighted by atomic mass is 79.9. The molecule has 0 saturated carbocycles. The third-order valence-corrected chi connectivity index (χ3v) is 1.73. The van der Waals surface area contributed by atoms with Gasteiger partial charge in [-0.05, 0) is 18.2 Å². The van der Waals surface area contributed by atoms with E-state index in [0.29, 0.717) is 5.75 Å². The Bertz CT molecular complexity index is 309. The van der Waals surface area contributed by atoms with Crippen LogP contribution in [0.15, 0.2) is 33.5 Å². The van der Waals surface area contributed by atoms with Crippen LogP contribution < -0.4 is 10.2 Å². The second-order valence-corrected chi connectivity index (χ2v) is 2.90. The molecular weight excluding hydrogens is 208 g/mol. The summed E-state index contributed by atoms with van der Waals surface area (Å²) in [5.74, 6) is 0.349. The van der Waals surface area contributed by atoms with E-state index in [1.165, 1.54) is 13.2 Å². The van der Waals surface area contributed by atoms with Crippen LogP contribution in [0.4, 0.5) is 0 Å². The minimum absolute atomic E-state index is 0.113. The van der Waals surface area contributed by atoms with E-state index in [0.717, 1.165) is 4.47 Å². The number of hydrogen-bond acceptors (Lipinski definition) is 2. The average Bonchev–Trinajstić information content (AvgIpc) is 2.13. The fraction of sp³-hybridized carbons (Fsp3) is 0.125. The molecule has 0 bridgehead atoms. The Hall–Kier alpha value is -0.830. The molecule has 0 aliphatic rings. The van der Waals surface area contributed by atoms with E-state index in [4.69, 9.17) is 4.74 Å². The van der Waals surface area contributed by atoms with E-state index < -0.39 is 0 Å². The lowest BCUT2D eigenvalue weighted by Gasteiger charge is -1.91. The number of hydrogen-bond donors (Lipinski definition) is 0. The molecular formula is C8H7BrO2. The number of ether oxygens (including phenoxy) is 1. The fourth-order valence-electron chi connectivity index (χ4n) is 0.714. The van der Waals surface area contributed by atoms with Gasteiger partial charge in [-0.1, -0.05) is 22.0 Å². The maximum Gasteiger partial charge on any atom is 0.220 e. The molecule has 0 aromatic heterocycles. The van der Waals surface area contributed by atoms with Crippen molar-refractivity contribution in [2.75, 3.05) is 7.11 Å². The Morgan fingerprint density at radius 1 is 1.45 bits per heavy atom. The Kier molecular flexibility index (Phi) is 2.65. The van der Waals surface area contributed by atoms with Crippen LogP contribution in [0.1, 0.15) is 0 Å². The lowest BCUT2D eigenvalue weighted by atomic mass is 10.5. The van der Waals surface area contributed by atoms with Gasteiger partial charge in [0.2, 0.25) is 5.43 Å². The van der Waals surface area contributed by atoms with Gasteiger partial charge in [-0.2, -0.15) is 0 Å². The van der Waals surface area contributed by atoms with E-state index in [-0.39, 0.29) is 5.43 Å². The van der Waals surface area contributed by atoms with Crippen molar-refractivity contribution in [1.29, 1.82) is 0 Å². The zero-order valence-electron chi connectivity index (χ0n) is 6.00. The van der Waals surface area contributed by atoms with Gasteiger partial charge in [0, 0.05) is 4.47 Å². The van der Waals surface area contributed by atoms with Gasteiger partial charge >= 0.3 is 0 Å². The second kappa shape index (κ2) is 3.53. The quantitative estimate of drug-likeness (QED) is 0.714. The molecule has 0 spiro atoms. The Morgan fingerprint density at radius 2 is 2.18 bits per heavy atom. The van der Waals surface area contributed by atoms with E-state index in [1.807, 2.05) is 0 Å². The summed E-state index contributed by atoms with van der Waals surface area (Å²) in [5.41, 5.74) is -0.113. The lowest BCUT2D eigenvalue weighted by molar-refractivity contribution is 0.411. The highest BCUT2D eigenvalue weighted by molar-refractivity contribution is 9.10. The third-order valence-electron chi connectivity index (χ3n) is 1.23. The molecule has 11 heavy (non-hydrogen) atoms. The summed E-state index contributed by atoms with van der Waals surface area (Å²) in [5, 5.41) is 0. The summed E-state index contributed by atoms with van der Waals surface area (Å²) in [6, 6.07) is 6.56. The molecule has 1 aromatic rings. The van der Waals surface area contributed by atoms with Crippen LogP contribution in [0.5, 0.6) is 5.75 Å². The van der Waals surface area contributed by atoms with Crippen molar-refractivity contribution in [3.63, 3.8) is 0 Å². The van der Waals surface area contributed by atoms with Crippen molar-refractivity contribution in [2.45, 2.75) is 0 Å². The molecule has 0 saturated heterocycles. The molecule has 0 heterocycles. The molecule has 58 valence electrons. The molecule has 0 fully saturated rings. The molecule has 1 rings (SSSR count). The van der Waals surface area contributed by atoms with E-state index >= 15 is 0 Å². The van der Waals surface area contributed by atoms with Crippen molar-refractivity contribution in [3.05, 3.63) is 39.0 Å². The molecule has 0 atom stereocenters. The van der Waals surface area contributed by atoms with Gasteiger partial charge in [-0.25, -0.2) is 0 Å². The highest BCUT2D eigenvalue weighted by Gasteiger charge is 1.94. The Morgan fingerprint density at radius 3 is 2.82 bits per heavy atom. The monoisotopic (exact) mass is 214 g/mol. The van der Waals surface area contributed by atoms with Gasteiger partial charge in [-0.15, -0.1) is 0 Å². The molecule has 0 aliphatic heterocycles. The van der Waals surface area contributed by atoms with Crippen molar-refractivity contribution in [3.8, 4) is 5.75 Å². The summed E-state index contributed by atoms with van der Waals surface area (Å²) in [6.07, 6.45) is 0. The molecule has 0 unspecified atom stereocenters. The van der Waals surface area contributed by atoms with Crippen LogP contribution in [0.3, 0.4) is 0 Å². The first-order valence-electron chi connectivity index (χ1n) is 3.08. The van der Waals surface area contributed by atoms with Gasteiger partial charge in [0.15, 0.2) is 5.75 Å². The smallest absolute Gasteiger partial charge is 0.220 e. The predicted octanol–water partition coefficient (Wildman–Crippen LogP) is 1.82. The molecule has 0 aliphatic carbocycles. The van der Waals surface area contributed by atoms with E-state index in [9.17, 15) is 4.79 Å². The van der Waals surface area contributed by atoms with Crippen LogP contribution >= 0.6 is 15.9 Å². The predicted molar refractivity (Wildman–Crippen MR) is 47.0 cm³/mol. The SMILES string of the molecule is COc1cc(Br)cccc1=O. The summed E-state index contributed by atoms with van der Waals surface area (Å²) in [7, 11) is 1.48. The molecule has 2 nitrogen and oxygen atoms in total. The summed E-state index contributed by atoms with van der Waals surface area (Å²) >= 11 is 3.25. The maximum atomic E-state index is 11.1. The first kappa shape index (κ1) is 8.27. The number of rotatable bonds is 1. The molecule has 0 radical (unpaired) electrons. The Labute approximate surface area is 72.9 Å². The first-order chi connectivity index (χ1) is 5.24. The van der Waals surface area contributed by atoms with Crippen molar-refractivity contribution in [2.24, 2.45) is 0 Å². The average molecular weight is 215 g/mol. The van der Waals surface area contributed by atoms with Crippen LogP contribution in [-0.2, 0) is 0 Å². The van der Waals surface area contributed by atoms with E-state index in [2.05, 4.69) is 15.9 Å². The largest absolute Gasteiger partial charge is 0.493 e. The maximum absolute atomic E-state index is 11.1. The summed E-state index contributed by atoms with van der Waals surface area (Å²) in [4.78, 5) is 11.1. The Balaban J connectivity index is 3.37. The normalized spacial score (nSPS) is 9.27. The van der Waals surface area contributed by atoms with Crippen LogP contribution in [0, 0.1) is 0 Å². The number of methoxy groups -OCH3 is 1. The standard InChI is InChI=1S/C8H7BrO2/c1-11-8-5-6(9)3-2-4-7(8)10/h2-5H,1H3. The second-order valence-electron chi connectivity index (χ2n) is 1.99. The van der Waals surface area contributed by atoms with Gasteiger partial charge < -0.3 is 4.74 Å². The van der Waals surface area contributed by atoms with Crippen molar-refractivity contribution in [1.82, 2.24) is 0 Å². The minimum Gasteiger partial charge on any atom is -0.493 e. The van der Waals surface area contributed by atoms with Crippen LogP contribution in [0.2, 0.25) is 0 Å². The van der Waals surface area contributed by atoms with Gasteiger partial charge in [0.1, 0.15) is 0 Å². The molecule has 0 amide bonds. The van der Waals surface area contributed by atoms with Gasteiger partial charge in [-0.3, -0.25) is 4.79 Å². The van der Waals surface area contributed by atoms with E-state index in [1.54, 1.807) is 18.2 Å². The first-order valence-corrected chi connectivity index (χ1v) is 3.87. The van der Waals surface area contributed by atoms with Gasteiger partial charge in [0.25, 0.3) is 0 Å².